The average molecular weight is 314 g/mol. The van der Waals surface area contributed by atoms with Gasteiger partial charge in [0.1, 0.15) is 12.4 Å². The van der Waals surface area contributed by atoms with Gasteiger partial charge in [0.15, 0.2) is 0 Å². The van der Waals surface area contributed by atoms with Gasteiger partial charge in [-0.2, -0.15) is 13.2 Å². The SMILES string of the molecule is Nc1ncc(Br)cc1NCCOCC(F)(F)F. The van der Waals surface area contributed by atoms with Gasteiger partial charge in [0.25, 0.3) is 0 Å². The van der Waals surface area contributed by atoms with Crippen molar-refractivity contribution in [3.8, 4) is 0 Å². The summed E-state index contributed by atoms with van der Waals surface area (Å²) in [5.74, 6) is 0.282. The maximum absolute atomic E-state index is 11.7. The van der Waals surface area contributed by atoms with Crippen LogP contribution in [0.1, 0.15) is 0 Å². The molecule has 1 rings (SSSR count). The van der Waals surface area contributed by atoms with Gasteiger partial charge in [-0.15, -0.1) is 0 Å². The Morgan fingerprint density at radius 3 is 2.82 bits per heavy atom. The van der Waals surface area contributed by atoms with E-state index in [1.807, 2.05) is 0 Å². The molecule has 0 aliphatic heterocycles. The van der Waals surface area contributed by atoms with Gasteiger partial charge in [-0.3, -0.25) is 0 Å². The van der Waals surface area contributed by atoms with Gasteiger partial charge in [-0.25, -0.2) is 4.98 Å². The minimum atomic E-state index is -4.30. The minimum Gasteiger partial charge on any atom is -0.382 e. The fraction of sp³-hybridized carbons (Fsp3) is 0.444. The Kier molecular flexibility index (Phi) is 5.01. The number of anilines is 2. The van der Waals surface area contributed by atoms with Gasteiger partial charge in [-0.1, -0.05) is 0 Å². The molecule has 8 heteroatoms. The zero-order valence-electron chi connectivity index (χ0n) is 8.72. The lowest BCUT2D eigenvalue weighted by molar-refractivity contribution is -0.172. The van der Waals surface area contributed by atoms with Crippen LogP contribution in [0.15, 0.2) is 16.7 Å². The zero-order valence-corrected chi connectivity index (χ0v) is 10.3. The van der Waals surface area contributed by atoms with Crippen molar-refractivity contribution in [1.82, 2.24) is 4.98 Å². The highest BCUT2D eigenvalue weighted by molar-refractivity contribution is 9.10. The van der Waals surface area contributed by atoms with E-state index < -0.39 is 12.8 Å². The fourth-order valence-electron chi connectivity index (χ4n) is 1.04. The van der Waals surface area contributed by atoms with Crippen LogP contribution in [0.5, 0.6) is 0 Å². The van der Waals surface area contributed by atoms with Gasteiger partial charge in [-0.05, 0) is 22.0 Å². The molecule has 0 amide bonds. The lowest BCUT2D eigenvalue weighted by Crippen LogP contribution is -2.20. The summed E-state index contributed by atoms with van der Waals surface area (Å²) >= 11 is 3.21. The van der Waals surface area contributed by atoms with Crippen molar-refractivity contribution in [2.75, 3.05) is 30.8 Å². The van der Waals surface area contributed by atoms with Crippen LogP contribution < -0.4 is 11.1 Å². The van der Waals surface area contributed by atoms with Crippen molar-refractivity contribution < 1.29 is 17.9 Å². The third kappa shape index (κ3) is 5.73. The van der Waals surface area contributed by atoms with Crippen molar-refractivity contribution in [1.29, 1.82) is 0 Å². The second-order valence-electron chi connectivity index (χ2n) is 3.18. The number of halogens is 4. The Bertz CT molecular complexity index is 373. The Balaban J connectivity index is 2.29. The topological polar surface area (TPSA) is 60.2 Å². The van der Waals surface area contributed by atoms with Crippen LogP contribution in [-0.4, -0.2) is 30.9 Å². The molecule has 0 aliphatic carbocycles. The van der Waals surface area contributed by atoms with Crippen molar-refractivity contribution in [3.63, 3.8) is 0 Å². The largest absolute Gasteiger partial charge is 0.411 e. The second-order valence-corrected chi connectivity index (χ2v) is 4.10. The Morgan fingerprint density at radius 2 is 2.18 bits per heavy atom. The lowest BCUT2D eigenvalue weighted by Gasteiger charge is -2.10. The predicted molar refractivity (Wildman–Crippen MR) is 61.7 cm³/mol. The first-order chi connectivity index (χ1) is 7.88. The molecule has 0 saturated carbocycles. The van der Waals surface area contributed by atoms with E-state index in [1.54, 1.807) is 6.07 Å². The average Bonchev–Trinajstić information content (AvgIpc) is 2.21. The number of nitrogens with one attached hydrogen (secondary N) is 1. The van der Waals surface area contributed by atoms with Crippen LogP contribution in [0.2, 0.25) is 0 Å². The number of nitrogens with two attached hydrogens (primary N) is 1. The number of nitrogens with zero attached hydrogens (tertiary/aromatic N) is 1. The lowest BCUT2D eigenvalue weighted by atomic mass is 10.4. The van der Waals surface area contributed by atoms with Crippen molar-refractivity contribution in [2.45, 2.75) is 6.18 Å². The highest BCUT2D eigenvalue weighted by Crippen LogP contribution is 2.20. The maximum Gasteiger partial charge on any atom is 0.411 e. The molecular formula is C9H11BrF3N3O. The monoisotopic (exact) mass is 313 g/mol. The molecule has 1 aromatic rings. The Morgan fingerprint density at radius 1 is 1.47 bits per heavy atom. The highest BCUT2D eigenvalue weighted by atomic mass is 79.9. The quantitative estimate of drug-likeness (QED) is 0.820. The highest BCUT2D eigenvalue weighted by Gasteiger charge is 2.27. The number of nitrogen functional groups attached to an aromatic ring is 1. The first kappa shape index (κ1) is 14.0. The van der Waals surface area contributed by atoms with Crippen LogP contribution in [0.25, 0.3) is 0 Å². The molecule has 0 radical (unpaired) electrons. The fourth-order valence-corrected chi connectivity index (χ4v) is 1.37. The second kappa shape index (κ2) is 6.06. The molecule has 3 N–H and O–H groups in total. The van der Waals surface area contributed by atoms with Gasteiger partial charge in [0, 0.05) is 17.2 Å². The number of hydrogen-bond donors (Lipinski definition) is 2. The van der Waals surface area contributed by atoms with E-state index in [4.69, 9.17) is 5.73 Å². The first-order valence-electron chi connectivity index (χ1n) is 4.68. The third-order valence-electron chi connectivity index (χ3n) is 1.71. The van der Waals surface area contributed by atoms with E-state index in [0.717, 1.165) is 4.47 Å². The van der Waals surface area contributed by atoms with Crippen LogP contribution in [0.3, 0.4) is 0 Å². The molecule has 17 heavy (non-hydrogen) atoms. The number of aromatic nitrogens is 1. The summed E-state index contributed by atoms with van der Waals surface area (Å²) < 4.78 is 40.4. The number of hydrogen-bond acceptors (Lipinski definition) is 4. The molecule has 0 fully saturated rings. The molecule has 0 unspecified atom stereocenters. The summed E-state index contributed by atoms with van der Waals surface area (Å²) in [5.41, 5.74) is 6.11. The van der Waals surface area contributed by atoms with Crippen molar-refractivity contribution in [2.24, 2.45) is 0 Å². The normalized spacial score (nSPS) is 11.5. The van der Waals surface area contributed by atoms with Crippen LogP contribution in [0, 0.1) is 0 Å². The van der Waals surface area contributed by atoms with Crippen LogP contribution >= 0.6 is 15.9 Å². The standard InChI is InChI=1S/C9H11BrF3N3O/c10-6-3-7(8(14)16-4-6)15-1-2-17-5-9(11,12)13/h3-4,15H,1-2,5H2,(H2,14,16). The summed E-state index contributed by atoms with van der Waals surface area (Å²) in [6, 6.07) is 1.69. The van der Waals surface area contributed by atoms with Crippen molar-refractivity contribution in [3.05, 3.63) is 16.7 Å². The van der Waals surface area contributed by atoms with Crippen LogP contribution in [-0.2, 0) is 4.74 Å². The maximum atomic E-state index is 11.7. The molecule has 0 aliphatic rings. The van der Waals surface area contributed by atoms with E-state index in [9.17, 15) is 13.2 Å². The van der Waals surface area contributed by atoms with Crippen molar-refractivity contribution >= 4 is 27.4 Å². The van der Waals surface area contributed by atoms with Gasteiger partial charge < -0.3 is 15.8 Å². The molecule has 0 spiro atoms. The van der Waals surface area contributed by atoms with Gasteiger partial charge >= 0.3 is 6.18 Å². The Hall–Kier alpha value is -1.02. The van der Waals surface area contributed by atoms with E-state index in [0.29, 0.717) is 5.69 Å². The first-order valence-corrected chi connectivity index (χ1v) is 5.47. The minimum absolute atomic E-state index is 0.0640. The molecule has 0 atom stereocenters. The van der Waals surface area contributed by atoms with Crippen LogP contribution in [0.4, 0.5) is 24.7 Å². The summed E-state index contributed by atoms with van der Waals surface area (Å²) in [6.45, 7) is -1.09. The molecule has 1 heterocycles. The summed E-state index contributed by atoms with van der Waals surface area (Å²) in [6.07, 6.45) is -2.77. The Labute approximate surface area is 104 Å². The number of ether oxygens (including phenoxy) is 1. The van der Waals surface area contributed by atoms with E-state index in [-0.39, 0.29) is 19.0 Å². The molecular weight excluding hydrogens is 303 g/mol. The third-order valence-corrected chi connectivity index (χ3v) is 2.15. The molecule has 0 aromatic carbocycles. The molecule has 96 valence electrons. The van der Waals surface area contributed by atoms with E-state index >= 15 is 0 Å². The smallest absolute Gasteiger partial charge is 0.382 e. The van der Waals surface area contributed by atoms with E-state index in [2.05, 4.69) is 31.0 Å². The number of alkyl halides is 3. The van der Waals surface area contributed by atoms with Gasteiger partial charge in [0.05, 0.1) is 12.3 Å². The molecule has 0 saturated heterocycles. The zero-order chi connectivity index (χ0) is 12.9. The molecule has 1 aromatic heterocycles. The molecule has 0 bridgehead atoms. The number of rotatable bonds is 5. The summed E-state index contributed by atoms with van der Waals surface area (Å²) in [7, 11) is 0. The summed E-state index contributed by atoms with van der Waals surface area (Å²) in [5, 5.41) is 2.83. The number of pyridine rings is 1. The summed E-state index contributed by atoms with van der Waals surface area (Å²) in [4.78, 5) is 3.86. The predicted octanol–water partition coefficient (Wildman–Crippen LogP) is 2.42. The molecule has 4 nitrogen and oxygen atoms in total. The van der Waals surface area contributed by atoms with Gasteiger partial charge in [0.2, 0.25) is 0 Å². The van der Waals surface area contributed by atoms with E-state index in [1.165, 1.54) is 6.20 Å².